The van der Waals surface area contributed by atoms with E-state index in [4.69, 9.17) is 18.9 Å². The second-order valence-electron chi connectivity index (χ2n) is 5.52. The van der Waals surface area contributed by atoms with Crippen molar-refractivity contribution in [3.05, 3.63) is 35.4 Å². The molecule has 0 saturated heterocycles. The molecule has 2 N–H and O–H groups in total. The van der Waals surface area contributed by atoms with Gasteiger partial charge in [0, 0.05) is 17.2 Å². The Morgan fingerprint density at radius 1 is 0.958 bits per heavy atom. The molecule has 0 spiro atoms. The van der Waals surface area contributed by atoms with Crippen molar-refractivity contribution >= 4 is 0 Å². The van der Waals surface area contributed by atoms with Gasteiger partial charge in [-0.3, -0.25) is 0 Å². The van der Waals surface area contributed by atoms with Crippen LogP contribution in [0.4, 0.5) is 0 Å². The van der Waals surface area contributed by atoms with E-state index in [0.717, 1.165) is 5.56 Å². The molecule has 1 aliphatic rings. The molecule has 3 rings (SSSR count). The number of benzene rings is 2. The molecule has 2 aromatic rings. The summed E-state index contributed by atoms with van der Waals surface area (Å²) in [6, 6.07) is 6.75. The molecule has 1 heterocycles. The lowest BCUT2D eigenvalue weighted by Gasteiger charge is -2.29. The van der Waals surface area contributed by atoms with Gasteiger partial charge in [0.2, 0.25) is 11.5 Å². The standard InChI is InChI=1S/C18H20O6/c1-21-11-5-6-12(13(19)9-11)15-7-4-10-8-14(20)17(22-2)18(23-3)16(10)24-15/h5-6,8-9,15,19-20H,4,7H2,1-3H3. The van der Waals surface area contributed by atoms with E-state index in [2.05, 4.69) is 0 Å². The van der Waals surface area contributed by atoms with Crippen LogP contribution in [0.25, 0.3) is 0 Å². The van der Waals surface area contributed by atoms with Crippen LogP contribution in [-0.4, -0.2) is 31.5 Å². The number of rotatable bonds is 4. The Balaban J connectivity index is 1.99. The normalized spacial score (nSPS) is 16.0. The monoisotopic (exact) mass is 332 g/mol. The molecule has 0 aromatic heterocycles. The van der Waals surface area contributed by atoms with Crippen LogP contribution < -0.4 is 18.9 Å². The zero-order valence-electron chi connectivity index (χ0n) is 13.8. The summed E-state index contributed by atoms with van der Waals surface area (Å²) < 4.78 is 21.8. The second kappa shape index (κ2) is 6.39. The molecular formula is C18H20O6. The van der Waals surface area contributed by atoms with Crippen LogP contribution in [0.3, 0.4) is 0 Å². The summed E-state index contributed by atoms with van der Waals surface area (Å²) in [5, 5.41) is 20.3. The predicted molar refractivity (Wildman–Crippen MR) is 87.6 cm³/mol. The average molecular weight is 332 g/mol. The predicted octanol–water partition coefficient (Wildman–Crippen LogP) is 3.19. The third kappa shape index (κ3) is 2.64. The van der Waals surface area contributed by atoms with Crippen LogP contribution in [0.1, 0.15) is 23.7 Å². The van der Waals surface area contributed by atoms with Gasteiger partial charge < -0.3 is 29.2 Å². The molecule has 0 aliphatic carbocycles. The second-order valence-corrected chi connectivity index (χ2v) is 5.52. The smallest absolute Gasteiger partial charge is 0.207 e. The van der Waals surface area contributed by atoms with Crippen LogP contribution >= 0.6 is 0 Å². The lowest BCUT2D eigenvalue weighted by atomic mass is 9.96. The van der Waals surface area contributed by atoms with E-state index in [1.807, 2.05) is 0 Å². The summed E-state index contributed by atoms with van der Waals surface area (Å²) in [7, 11) is 4.50. The van der Waals surface area contributed by atoms with Crippen molar-refractivity contribution in [1.29, 1.82) is 0 Å². The lowest BCUT2D eigenvalue weighted by Crippen LogP contribution is -2.16. The zero-order valence-corrected chi connectivity index (χ0v) is 13.8. The van der Waals surface area contributed by atoms with Gasteiger partial charge in [0.25, 0.3) is 0 Å². The fourth-order valence-electron chi connectivity index (χ4n) is 2.99. The summed E-state index contributed by atoms with van der Waals surface area (Å²) >= 11 is 0. The quantitative estimate of drug-likeness (QED) is 0.895. The molecule has 0 amide bonds. The van der Waals surface area contributed by atoms with Crippen molar-refractivity contribution < 1.29 is 29.2 Å². The number of ether oxygens (including phenoxy) is 4. The number of aromatic hydroxyl groups is 2. The highest BCUT2D eigenvalue weighted by molar-refractivity contribution is 5.63. The van der Waals surface area contributed by atoms with E-state index >= 15 is 0 Å². The highest BCUT2D eigenvalue weighted by atomic mass is 16.5. The summed E-state index contributed by atoms with van der Waals surface area (Å²) in [6.45, 7) is 0. The Morgan fingerprint density at radius 3 is 2.33 bits per heavy atom. The largest absolute Gasteiger partial charge is 0.507 e. The minimum Gasteiger partial charge on any atom is -0.507 e. The van der Waals surface area contributed by atoms with E-state index in [1.165, 1.54) is 14.2 Å². The lowest BCUT2D eigenvalue weighted by molar-refractivity contribution is 0.162. The molecule has 6 heteroatoms. The van der Waals surface area contributed by atoms with Gasteiger partial charge in [-0.25, -0.2) is 0 Å². The number of hydrogen-bond acceptors (Lipinski definition) is 6. The fraction of sp³-hybridized carbons (Fsp3) is 0.333. The molecule has 1 atom stereocenters. The summed E-state index contributed by atoms with van der Waals surface area (Å²) in [4.78, 5) is 0. The van der Waals surface area contributed by atoms with Gasteiger partial charge in [0.1, 0.15) is 17.6 Å². The van der Waals surface area contributed by atoms with Gasteiger partial charge in [-0.15, -0.1) is 0 Å². The van der Waals surface area contributed by atoms with E-state index in [9.17, 15) is 10.2 Å². The van der Waals surface area contributed by atoms with Gasteiger partial charge in [0.05, 0.1) is 21.3 Å². The van der Waals surface area contributed by atoms with Gasteiger partial charge in [0.15, 0.2) is 11.5 Å². The Kier molecular flexibility index (Phi) is 4.29. The zero-order chi connectivity index (χ0) is 17.3. The molecule has 6 nitrogen and oxygen atoms in total. The number of hydrogen-bond donors (Lipinski definition) is 2. The minimum atomic E-state index is -0.327. The van der Waals surface area contributed by atoms with Crippen LogP contribution in [0.5, 0.6) is 34.5 Å². The maximum Gasteiger partial charge on any atom is 0.207 e. The van der Waals surface area contributed by atoms with Crippen molar-refractivity contribution in [3.8, 4) is 34.5 Å². The summed E-state index contributed by atoms with van der Waals surface area (Å²) in [5.41, 5.74) is 1.52. The molecule has 24 heavy (non-hydrogen) atoms. The number of aryl methyl sites for hydroxylation is 1. The van der Waals surface area contributed by atoms with Crippen molar-refractivity contribution in [1.82, 2.24) is 0 Å². The first-order valence-corrected chi connectivity index (χ1v) is 7.59. The molecule has 0 radical (unpaired) electrons. The number of methoxy groups -OCH3 is 3. The van der Waals surface area contributed by atoms with E-state index in [1.54, 1.807) is 31.4 Å². The van der Waals surface area contributed by atoms with Gasteiger partial charge in [-0.05, 0) is 31.0 Å². The first-order chi connectivity index (χ1) is 11.6. The highest BCUT2D eigenvalue weighted by Crippen LogP contribution is 2.51. The van der Waals surface area contributed by atoms with Crippen molar-refractivity contribution in [2.24, 2.45) is 0 Å². The van der Waals surface area contributed by atoms with Gasteiger partial charge >= 0.3 is 0 Å². The third-order valence-corrected chi connectivity index (χ3v) is 4.18. The van der Waals surface area contributed by atoms with Crippen molar-refractivity contribution in [2.75, 3.05) is 21.3 Å². The minimum absolute atomic E-state index is 0.0162. The van der Waals surface area contributed by atoms with Crippen LogP contribution in [0.15, 0.2) is 24.3 Å². The number of phenolic OH excluding ortho intramolecular Hbond substituents is 2. The van der Waals surface area contributed by atoms with Gasteiger partial charge in [-0.2, -0.15) is 0 Å². The topological polar surface area (TPSA) is 77.4 Å². The van der Waals surface area contributed by atoms with Crippen molar-refractivity contribution in [3.63, 3.8) is 0 Å². The average Bonchev–Trinajstić information content (AvgIpc) is 2.60. The SMILES string of the molecule is COc1ccc(C2CCc3cc(O)c(OC)c(OC)c3O2)c(O)c1. The Bertz CT molecular complexity index is 756. The highest BCUT2D eigenvalue weighted by Gasteiger charge is 2.29. The first kappa shape index (κ1) is 16.1. The van der Waals surface area contributed by atoms with E-state index in [-0.39, 0.29) is 23.4 Å². The first-order valence-electron chi connectivity index (χ1n) is 7.59. The molecular weight excluding hydrogens is 312 g/mol. The fourth-order valence-corrected chi connectivity index (χ4v) is 2.99. The van der Waals surface area contributed by atoms with E-state index < -0.39 is 0 Å². The Morgan fingerprint density at radius 2 is 1.71 bits per heavy atom. The van der Waals surface area contributed by atoms with Crippen LogP contribution in [0.2, 0.25) is 0 Å². The van der Waals surface area contributed by atoms with Crippen LogP contribution in [0, 0.1) is 0 Å². The molecule has 1 unspecified atom stereocenters. The van der Waals surface area contributed by atoms with E-state index in [0.29, 0.717) is 35.7 Å². The molecule has 1 aliphatic heterocycles. The summed E-state index contributed by atoms with van der Waals surface area (Å²) in [5.74, 6) is 1.83. The number of fused-ring (bicyclic) bond motifs is 1. The third-order valence-electron chi connectivity index (χ3n) is 4.18. The Labute approximate surface area is 140 Å². The molecule has 0 saturated carbocycles. The van der Waals surface area contributed by atoms with Crippen LogP contribution in [-0.2, 0) is 6.42 Å². The van der Waals surface area contributed by atoms with Crippen molar-refractivity contribution in [2.45, 2.75) is 18.9 Å². The number of phenols is 2. The summed E-state index contributed by atoms with van der Waals surface area (Å²) in [6.07, 6.45) is 1.02. The molecule has 0 fully saturated rings. The molecule has 2 aromatic carbocycles. The Hall–Kier alpha value is -2.76. The molecule has 128 valence electrons. The maximum atomic E-state index is 10.2. The molecule has 0 bridgehead atoms. The maximum absolute atomic E-state index is 10.2. The van der Waals surface area contributed by atoms with Gasteiger partial charge in [-0.1, -0.05) is 0 Å².